The maximum atomic E-state index is 9.00. The third-order valence-electron chi connectivity index (χ3n) is 1.39. The summed E-state index contributed by atoms with van der Waals surface area (Å²) in [4.78, 5) is 9.00. The molecule has 0 aliphatic carbocycles. The van der Waals surface area contributed by atoms with Crippen molar-refractivity contribution in [2.75, 3.05) is 0 Å². The SMILES string of the molecule is CC(=O)O.CCc1cc[c]([Tl])cc1.[O-][Cl+3]([O-])([O-])O. The smallest absolute Gasteiger partial charge is 0.0777 e. The standard InChI is InChI=1S/C8H9.C2H4O2.ClHO4.Tl/c1-2-8-6-4-3-5-7-8;1-2(3)4;2-1(3,4)5;/h4-7H,2H2,1H3;1H3,(H,3,4);(H,2,3,4,5);. The molecule has 0 spiro atoms. The second-order valence-electron chi connectivity index (χ2n) is 3.01. The van der Waals surface area contributed by atoms with Crippen LogP contribution in [-0.2, 0) is 11.2 Å². The molecule has 6 nitrogen and oxygen atoms in total. The molecule has 1 aromatic rings. The molecule has 18 heavy (non-hydrogen) atoms. The van der Waals surface area contributed by atoms with Crippen molar-refractivity contribution in [3.63, 3.8) is 0 Å². The van der Waals surface area contributed by atoms with E-state index in [1.54, 1.807) is 0 Å². The molecule has 0 fully saturated rings. The Morgan fingerprint density at radius 1 is 1.28 bits per heavy atom. The molecule has 0 bridgehead atoms. The molecular formula is C10H14ClO6Tl. The quantitative estimate of drug-likeness (QED) is 0.422. The summed E-state index contributed by atoms with van der Waals surface area (Å²) >= 11 is 0.987. The van der Waals surface area contributed by atoms with Gasteiger partial charge in [0.1, 0.15) is 0 Å². The third-order valence-corrected chi connectivity index (χ3v) is 2.88. The Labute approximate surface area is 123 Å². The number of carboxylic acids is 1. The van der Waals surface area contributed by atoms with Crippen molar-refractivity contribution in [2.24, 2.45) is 0 Å². The van der Waals surface area contributed by atoms with E-state index in [1.807, 2.05) is 0 Å². The molecule has 0 aliphatic heterocycles. The average Bonchev–Trinajstić information content (AvgIpc) is 2.15. The Morgan fingerprint density at radius 3 is 1.78 bits per heavy atom. The number of carboxylic acid groups (broad SMARTS) is 1. The van der Waals surface area contributed by atoms with Crippen LogP contribution < -0.4 is 17.1 Å². The summed E-state index contributed by atoms with van der Waals surface area (Å²) in [5.74, 6) is -0.833. The van der Waals surface area contributed by atoms with Gasteiger partial charge in [0.2, 0.25) is 0 Å². The molecule has 1 rings (SSSR count). The Morgan fingerprint density at radius 2 is 1.56 bits per heavy atom. The van der Waals surface area contributed by atoms with E-state index >= 15 is 0 Å². The first-order valence-electron chi connectivity index (χ1n) is 4.73. The van der Waals surface area contributed by atoms with Gasteiger partial charge in [0, 0.05) is 6.92 Å². The average molecular weight is 470 g/mol. The fraction of sp³-hybridized carbons (Fsp3) is 0.300. The molecule has 0 aliphatic rings. The fourth-order valence-corrected chi connectivity index (χ4v) is 1.50. The van der Waals surface area contributed by atoms with Crippen molar-refractivity contribution >= 4 is 34.9 Å². The number of benzene rings is 1. The summed E-state index contributed by atoms with van der Waals surface area (Å²) in [6, 6.07) is 8.89. The van der Waals surface area contributed by atoms with Gasteiger partial charge in [-0.05, 0) is 0 Å². The van der Waals surface area contributed by atoms with Gasteiger partial charge in [-0.15, -0.1) is 0 Å². The molecule has 1 aromatic carbocycles. The molecule has 0 unspecified atom stereocenters. The van der Waals surface area contributed by atoms with Crippen molar-refractivity contribution in [1.82, 2.24) is 0 Å². The summed E-state index contributed by atoms with van der Waals surface area (Å²) < 4.78 is 34.2. The molecule has 0 aromatic heterocycles. The molecular weight excluding hydrogens is 456 g/mol. The molecule has 8 heteroatoms. The van der Waals surface area contributed by atoms with E-state index in [9.17, 15) is 0 Å². The molecule has 2 N–H and O–H groups in total. The molecule has 0 heterocycles. The molecule has 100 valence electrons. The second-order valence-corrected chi connectivity index (χ2v) is 6.39. The Balaban J connectivity index is 0. The molecule has 0 saturated carbocycles. The van der Waals surface area contributed by atoms with Crippen LogP contribution in [0.4, 0.5) is 0 Å². The van der Waals surface area contributed by atoms with E-state index in [0.29, 0.717) is 0 Å². The van der Waals surface area contributed by atoms with Crippen molar-refractivity contribution in [3.05, 3.63) is 29.8 Å². The van der Waals surface area contributed by atoms with Crippen molar-refractivity contribution in [3.8, 4) is 0 Å². The summed E-state index contributed by atoms with van der Waals surface area (Å²) in [6.07, 6.45) is 1.16. The summed E-state index contributed by atoms with van der Waals surface area (Å²) in [5.41, 5.74) is 1.44. The van der Waals surface area contributed by atoms with Crippen LogP contribution in [0.25, 0.3) is 0 Å². The van der Waals surface area contributed by atoms with E-state index in [-0.39, 0.29) is 0 Å². The normalized spacial score (nSPS) is 9.39. The van der Waals surface area contributed by atoms with Gasteiger partial charge < -0.3 is 5.11 Å². The van der Waals surface area contributed by atoms with Crippen molar-refractivity contribution in [1.29, 1.82) is 0 Å². The van der Waals surface area contributed by atoms with E-state index in [0.717, 1.165) is 39.1 Å². The zero-order valence-corrected chi connectivity index (χ0v) is 15.2. The van der Waals surface area contributed by atoms with Gasteiger partial charge in [-0.1, -0.05) is 0 Å². The van der Waals surface area contributed by atoms with Crippen LogP contribution in [0.3, 0.4) is 0 Å². The van der Waals surface area contributed by atoms with E-state index in [1.165, 1.54) is 8.69 Å². The zero-order valence-electron chi connectivity index (χ0n) is 10.00. The van der Waals surface area contributed by atoms with Crippen LogP contribution >= 0.6 is 0 Å². The molecule has 0 radical (unpaired) electrons. The molecule has 0 saturated heterocycles. The maximum absolute atomic E-state index is 9.00. The van der Waals surface area contributed by atoms with E-state index in [2.05, 4.69) is 31.2 Å². The predicted molar refractivity (Wildman–Crippen MR) is 56.7 cm³/mol. The van der Waals surface area contributed by atoms with E-state index in [4.69, 9.17) is 28.5 Å². The number of aryl methyl sites for hydroxylation is 1. The fourth-order valence-electron chi connectivity index (χ4n) is 0.753. The molecule has 0 atom stereocenters. The Bertz CT molecular complexity index is 325. The summed E-state index contributed by atoms with van der Waals surface area (Å²) in [6.45, 7) is 3.27. The zero-order chi connectivity index (χ0) is 14.8. The van der Waals surface area contributed by atoms with Crippen LogP contribution in [0.5, 0.6) is 0 Å². The minimum Gasteiger partial charge on any atom is -0.183 e. The van der Waals surface area contributed by atoms with Gasteiger partial charge in [0.25, 0.3) is 5.97 Å². The summed E-state index contributed by atoms with van der Waals surface area (Å²) in [7, 11) is -4.69. The van der Waals surface area contributed by atoms with Crippen LogP contribution in [-0.4, -0.2) is 41.5 Å². The Hall–Kier alpha value is -0.258. The van der Waals surface area contributed by atoms with Gasteiger partial charge in [0.05, 0.1) is 14.9 Å². The first-order chi connectivity index (χ1) is 8.06. The largest absolute Gasteiger partial charge is 0.183 e. The van der Waals surface area contributed by atoms with Crippen LogP contribution in [0.1, 0.15) is 19.4 Å². The van der Waals surface area contributed by atoms with E-state index < -0.39 is 16.2 Å². The number of hydrogen-bond donors (Lipinski definition) is 2. The minimum absolute atomic E-state index is 0.833. The van der Waals surface area contributed by atoms with Gasteiger partial charge >= 0.3 is 72.1 Å². The number of halogens is 1. The summed E-state index contributed by atoms with van der Waals surface area (Å²) in [5, 5.41) is 7.42. The van der Waals surface area contributed by atoms with Crippen molar-refractivity contribution < 1.29 is 38.8 Å². The van der Waals surface area contributed by atoms with Gasteiger partial charge in [0.15, 0.2) is 0 Å². The van der Waals surface area contributed by atoms with Gasteiger partial charge in [-0.2, -0.15) is 14.0 Å². The molecule has 0 amide bonds. The van der Waals surface area contributed by atoms with Crippen LogP contribution in [0.15, 0.2) is 24.3 Å². The number of aliphatic carboxylic acids is 1. The minimum atomic E-state index is -4.69. The predicted octanol–water partition coefficient (Wildman–Crippen LogP) is -2.99. The van der Waals surface area contributed by atoms with Gasteiger partial charge in [-0.3, -0.25) is 4.79 Å². The van der Waals surface area contributed by atoms with Crippen LogP contribution in [0.2, 0.25) is 0 Å². The van der Waals surface area contributed by atoms with Gasteiger partial charge in [-0.25, -0.2) is 0 Å². The first kappa shape index (κ1) is 20.1. The van der Waals surface area contributed by atoms with Crippen LogP contribution in [0, 0.1) is 10.2 Å². The number of hydrogen-bond acceptors (Lipinski definition) is 5. The number of rotatable bonds is 1. The maximum Gasteiger partial charge on any atom is 0.0777 e. The topological polar surface area (TPSA) is 127 Å². The number of carbonyl (C=O) groups is 1. The monoisotopic (exact) mass is 470 g/mol. The first-order valence-corrected chi connectivity index (χ1v) is 8.24. The second kappa shape index (κ2) is 10.6. The van der Waals surface area contributed by atoms with Crippen molar-refractivity contribution in [2.45, 2.75) is 20.3 Å². The third kappa shape index (κ3) is 24.8. The Kier molecular flexibility index (Phi) is 11.9.